The Kier molecular flexibility index (Phi) is 7.19. The zero-order valence-electron chi connectivity index (χ0n) is 16.3. The van der Waals surface area contributed by atoms with Gasteiger partial charge < -0.3 is 5.32 Å². The van der Waals surface area contributed by atoms with Crippen LogP contribution in [0.3, 0.4) is 0 Å². The van der Waals surface area contributed by atoms with E-state index in [2.05, 4.69) is 27.3 Å². The van der Waals surface area contributed by atoms with Crippen molar-refractivity contribution in [2.45, 2.75) is 19.8 Å². The standard InChI is InChI=1S/C23H18BrClN2O2S/c1-13-21(14(2)28)22(16-3-7-17(24)8-4-16)19(11-26)23(27-13)30-12-20(29)15-5-9-18(25)10-6-15/h3-10,22,27H,12H2,1-2H3/t22-/m1/s1. The van der Waals surface area contributed by atoms with E-state index in [4.69, 9.17) is 11.6 Å². The average Bonchev–Trinajstić information content (AvgIpc) is 2.72. The van der Waals surface area contributed by atoms with Gasteiger partial charge in [0.2, 0.25) is 0 Å². The highest BCUT2D eigenvalue weighted by molar-refractivity contribution is 9.10. The summed E-state index contributed by atoms with van der Waals surface area (Å²) in [7, 11) is 0. The number of Topliss-reactive ketones (excluding diaryl/α,β-unsaturated/α-hetero) is 2. The number of hydrogen-bond acceptors (Lipinski definition) is 5. The van der Waals surface area contributed by atoms with Crippen LogP contribution in [-0.4, -0.2) is 17.3 Å². The number of hydrogen-bond donors (Lipinski definition) is 1. The molecule has 1 N–H and O–H groups in total. The van der Waals surface area contributed by atoms with Crippen LogP contribution in [0.1, 0.15) is 35.7 Å². The summed E-state index contributed by atoms with van der Waals surface area (Å²) >= 11 is 10.6. The summed E-state index contributed by atoms with van der Waals surface area (Å²) in [6.45, 7) is 3.32. The maximum Gasteiger partial charge on any atom is 0.173 e. The first-order valence-corrected chi connectivity index (χ1v) is 11.3. The van der Waals surface area contributed by atoms with E-state index in [-0.39, 0.29) is 17.3 Å². The lowest BCUT2D eigenvalue weighted by Gasteiger charge is -2.29. The van der Waals surface area contributed by atoms with E-state index in [1.807, 2.05) is 31.2 Å². The fourth-order valence-corrected chi connectivity index (χ4v) is 4.72. The Morgan fingerprint density at radius 2 is 1.80 bits per heavy atom. The molecule has 0 saturated heterocycles. The van der Waals surface area contributed by atoms with Crippen LogP contribution >= 0.6 is 39.3 Å². The maximum absolute atomic E-state index is 12.6. The Labute approximate surface area is 193 Å². The largest absolute Gasteiger partial charge is 0.353 e. The van der Waals surface area contributed by atoms with Crippen LogP contribution in [0.2, 0.25) is 5.02 Å². The van der Waals surface area contributed by atoms with Gasteiger partial charge in [0.05, 0.1) is 28.3 Å². The number of carbonyl (C=O) groups is 2. The van der Waals surface area contributed by atoms with E-state index in [0.717, 1.165) is 10.0 Å². The van der Waals surface area contributed by atoms with E-state index in [0.29, 0.717) is 32.5 Å². The van der Waals surface area contributed by atoms with Crippen LogP contribution in [0, 0.1) is 11.3 Å². The molecule has 0 saturated carbocycles. The summed E-state index contributed by atoms with van der Waals surface area (Å²) in [6, 6.07) is 16.5. The van der Waals surface area contributed by atoms with E-state index in [9.17, 15) is 14.9 Å². The van der Waals surface area contributed by atoms with Crippen LogP contribution in [0.25, 0.3) is 0 Å². The van der Waals surface area contributed by atoms with Gasteiger partial charge in [-0.1, -0.05) is 51.4 Å². The van der Waals surface area contributed by atoms with E-state index in [1.165, 1.54) is 18.7 Å². The quantitative estimate of drug-likeness (QED) is 0.491. The fraction of sp³-hybridized carbons (Fsp3) is 0.174. The van der Waals surface area contributed by atoms with E-state index < -0.39 is 5.92 Å². The molecule has 1 atom stereocenters. The third-order valence-electron chi connectivity index (χ3n) is 4.74. The minimum Gasteiger partial charge on any atom is -0.353 e. The number of allylic oxidation sites excluding steroid dienone is 3. The van der Waals surface area contributed by atoms with E-state index >= 15 is 0 Å². The first kappa shape index (κ1) is 22.4. The highest BCUT2D eigenvalue weighted by Crippen LogP contribution is 2.41. The number of halogens is 2. The summed E-state index contributed by atoms with van der Waals surface area (Å²) in [5.74, 6) is -0.482. The number of carbonyl (C=O) groups excluding carboxylic acids is 2. The zero-order chi connectivity index (χ0) is 21.8. The van der Waals surface area contributed by atoms with Crippen LogP contribution in [0.5, 0.6) is 0 Å². The molecule has 7 heteroatoms. The van der Waals surface area contributed by atoms with Crippen molar-refractivity contribution in [3.8, 4) is 6.07 Å². The average molecular weight is 502 g/mol. The Bertz CT molecular complexity index is 1100. The minimum atomic E-state index is -0.477. The van der Waals surface area contributed by atoms with Gasteiger partial charge in [-0.25, -0.2) is 0 Å². The summed E-state index contributed by atoms with van der Waals surface area (Å²) in [4.78, 5) is 25.0. The lowest BCUT2D eigenvalue weighted by molar-refractivity contribution is -0.113. The summed E-state index contributed by atoms with van der Waals surface area (Å²) in [5.41, 5.74) is 3.09. The number of nitrogens with zero attached hydrogens (tertiary/aromatic N) is 1. The molecule has 0 aliphatic carbocycles. The van der Waals surface area contributed by atoms with Gasteiger partial charge in [0.1, 0.15) is 0 Å². The molecule has 2 aromatic rings. The predicted molar refractivity (Wildman–Crippen MR) is 124 cm³/mol. The van der Waals surface area contributed by atoms with Gasteiger partial charge in [0, 0.05) is 26.3 Å². The first-order valence-electron chi connectivity index (χ1n) is 9.11. The summed E-state index contributed by atoms with van der Waals surface area (Å²) in [6.07, 6.45) is 0. The van der Waals surface area contributed by atoms with Crippen molar-refractivity contribution in [3.05, 3.63) is 91.0 Å². The first-order chi connectivity index (χ1) is 14.3. The summed E-state index contributed by atoms with van der Waals surface area (Å²) < 4.78 is 0.913. The Hall–Kier alpha value is -2.33. The molecule has 0 aromatic heterocycles. The zero-order valence-corrected chi connectivity index (χ0v) is 19.5. The van der Waals surface area contributed by atoms with Gasteiger partial charge in [-0.05, 0) is 55.8 Å². The monoisotopic (exact) mass is 500 g/mol. The molecule has 0 radical (unpaired) electrons. The van der Waals surface area contributed by atoms with Crippen molar-refractivity contribution in [2.24, 2.45) is 0 Å². The van der Waals surface area contributed by atoms with Crippen molar-refractivity contribution in [1.82, 2.24) is 5.32 Å². The predicted octanol–water partition coefficient (Wildman–Crippen LogP) is 6.00. The molecule has 0 amide bonds. The molecule has 0 unspecified atom stereocenters. The third-order valence-corrected chi connectivity index (χ3v) is 6.54. The van der Waals surface area contributed by atoms with Crippen molar-refractivity contribution < 1.29 is 9.59 Å². The molecule has 0 fully saturated rings. The molecule has 0 spiro atoms. The number of nitrogens with one attached hydrogen (secondary N) is 1. The molecule has 1 aliphatic heterocycles. The Morgan fingerprint density at radius 1 is 1.17 bits per heavy atom. The number of benzene rings is 2. The molecule has 152 valence electrons. The molecular formula is C23H18BrClN2O2S. The number of thioether (sulfide) groups is 1. The molecule has 2 aromatic carbocycles. The van der Waals surface area contributed by atoms with Crippen LogP contribution in [0.15, 0.2) is 74.9 Å². The van der Waals surface area contributed by atoms with Crippen molar-refractivity contribution in [1.29, 1.82) is 5.26 Å². The maximum atomic E-state index is 12.6. The normalized spacial score (nSPS) is 16.2. The molecule has 30 heavy (non-hydrogen) atoms. The summed E-state index contributed by atoms with van der Waals surface area (Å²) in [5, 5.41) is 14.3. The van der Waals surface area contributed by atoms with E-state index in [1.54, 1.807) is 24.3 Å². The number of dihydropyridines is 1. The van der Waals surface area contributed by atoms with Gasteiger partial charge in [0.25, 0.3) is 0 Å². The van der Waals surface area contributed by atoms with Crippen LogP contribution in [0.4, 0.5) is 0 Å². The number of rotatable bonds is 6. The van der Waals surface area contributed by atoms with Crippen LogP contribution < -0.4 is 5.32 Å². The van der Waals surface area contributed by atoms with Crippen LogP contribution in [-0.2, 0) is 4.79 Å². The van der Waals surface area contributed by atoms with Gasteiger partial charge >= 0.3 is 0 Å². The molecular weight excluding hydrogens is 484 g/mol. The van der Waals surface area contributed by atoms with Gasteiger partial charge in [-0.15, -0.1) is 0 Å². The number of nitriles is 1. The van der Waals surface area contributed by atoms with Crippen molar-refractivity contribution >= 4 is 50.9 Å². The Morgan fingerprint density at radius 3 is 2.37 bits per heavy atom. The third kappa shape index (κ3) is 4.86. The number of ketones is 2. The molecule has 4 nitrogen and oxygen atoms in total. The Balaban J connectivity index is 1.94. The molecule has 3 rings (SSSR count). The molecule has 1 aliphatic rings. The van der Waals surface area contributed by atoms with Gasteiger partial charge in [-0.3, -0.25) is 9.59 Å². The molecule has 0 bridgehead atoms. The minimum absolute atomic E-state index is 0.0672. The lowest BCUT2D eigenvalue weighted by Crippen LogP contribution is -2.27. The van der Waals surface area contributed by atoms with Crippen molar-refractivity contribution in [3.63, 3.8) is 0 Å². The SMILES string of the molecule is CC(=O)C1=C(C)NC(SCC(=O)c2ccc(Cl)cc2)=C(C#N)[C@H]1c1ccc(Br)cc1. The highest BCUT2D eigenvalue weighted by atomic mass is 79.9. The van der Waals surface area contributed by atoms with Gasteiger partial charge in [0.15, 0.2) is 11.6 Å². The lowest BCUT2D eigenvalue weighted by atomic mass is 9.81. The van der Waals surface area contributed by atoms with Gasteiger partial charge in [-0.2, -0.15) is 5.26 Å². The second-order valence-corrected chi connectivity index (χ2v) is 9.12. The second kappa shape index (κ2) is 9.65. The smallest absolute Gasteiger partial charge is 0.173 e. The highest BCUT2D eigenvalue weighted by Gasteiger charge is 2.33. The topological polar surface area (TPSA) is 70.0 Å². The fourth-order valence-electron chi connectivity index (χ4n) is 3.34. The van der Waals surface area contributed by atoms with Crippen molar-refractivity contribution in [2.75, 3.05) is 5.75 Å². The molecule has 1 heterocycles. The second-order valence-electron chi connectivity index (χ2n) is 6.78.